The van der Waals surface area contributed by atoms with Crippen molar-refractivity contribution in [2.45, 2.75) is 13.3 Å². The molecule has 0 bridgehead atoms. The van der Waals surface area contributed by atoms with E-state index in [4.69, 9.17) is 11.6 Å². The van der Waals surface area contributed by atoms with Crippen molar-refractivity contribution in [2.24, 2.45) is 5.92 Å². The summed E-state index contributed by atoms with van der Waals surface area (Å²) in [5.41, 5.74) is 2.44. The van der Waals surface area contributed by atoms with E-state index >= 15 is 0 Å². The standard InChI is InChI=1S/C19H17ClN4O2/c1-11-6-7-13(20)9-16(11)21-19(26)12-8-17(25)24(10-12)18-14-4-2-3-5-15(14)22-23-18/h2-7,9,12H,8,10H2,1H3,(H,21,26)(H,22,23)/t12-/m0/s1. The van der Waals surface area contributed by atoms with E-state index in [9.17, 15) is 9.59 Å². The van der Waals surface area contributed by atoms with Gasteiger partial charge < -0.3 is 5.32 Å². The molecule has 1 aliphatic heterocycles. The van der Waals surface area contributed by atoms with E-state index in [1.54, 1.807) is 17.0 Å². The van der Waals surface area contributed by atoms with Gasteiger partial charge in [-0.15, -0.1) is 0 Å². The molecule has 1 fully saturated rings. The summed E-state index contributed by atoms with van der Waals surface area (Å²) in [6.45, 7) is 2.20. The Hall–Kier alpha value is -2.86. The number of halogens is 1. The average molecular weight is 369 g/mol. The van der Waals surface area contributed by atoms with E-state index in [1.165, 1.54) is 0 Å². The monoisotopic (exact) mass is 368 g/mol. The number of aromatic amines is 1. The number of benzene rings is 2. The van der Waals surface area contributed by atoms with Crippen LogP contribution in [0.2, 0.25) is 5.02 Å². The zero-order valence-electron chi connectivity index (χ0n) is 14.1. The molecule has 0 spiro atoms. The Morgan fingerprint density at radius 1 is 1.31 bits per heavy atom. The summed E-state index contributed by atoms with van der Waals surface area (Å²) in [4.78, 5) is 26.7. The van der Waals surface area contributed by atoms with Gasteiger partial charge in [-0.2, -0.15) is 5.10 Å². The van der Waals surface area contributed by atoms with Gasteiger partial charge in [0.15, 0.2) is 5.82 Å². The van der Waals surface area contributed by atoms with E-state index in [1.807, 2.05) is 37.3 Å². The Morgan fingerprint density at radius 2 is 2.12 bits per heavy atom. The summed E-state index contributed by atoms with van der Waals surface area (Å²) in [5, 5.41) is 11.5. The number of para-hydroxylation sites is 1. The molecule has 2 N–H and O–H groups in total. The fourth-order valence-electron chi connectivity index (χ4n) is 3.21. The van der Waals surface area contributed by atoms with E-state index in [0.717, 1.165) is 16.5 Å². The first-order valence-corrected chi connectivity index (χ1v) is 8.71. The Labute approximate surface area is 155 Å². The first-order chi connectivity index (χ1) is 12.5. The number of aromatic nitrogens is 2. The van der Waals surface area contributed by atoms with Gasteiger partial charge in [0, 0.05) is 29.1 Å². The number of aryl methyl sites for hydroxylation is 1. The molecule has 0 aliphatic carbocycles. The van der Waals surface area contributed by atoms with Gasteiger partial charge in [0.2, 0.25) is 11.8 Å². The number of nitrogens with one attached hydrogen (secondary N) is 2. The number of hydrogen-bond acceptors (Lipinski definition) is 3. The van der Waals surface area contributed by atoms with Crippen LogP contribution in [0.4, 0.5) is 11.5 Å². The summed E-state index contributed by atoms with van der Waals surface area (Å²) < 4.78 is 0. The second kappa shape index (κ2) is 6.46. The van der Waals surface area contributed by atoms with E-state index in [2.05, 4.69) is 15.5 Å². The maximum absolute atomic E-state index is 12.6. The van der Waals surface area contributed by atoms with Crippen LogP contribution < -0.4 is 10.2 Å². The molecule has 2 heterocycles. The van der Waals surface area contributed by atoms with Crippen molar-refractivity contribution >= 4 is 45.8 Å². The minimum absolute atomic E-state index is 0.106. The van der Waals surface area contributed by atoms with Crippen molar-refractivity contribution in [3.8, 4) is 0 Å². The third kappa shape index (κ3) is 2.93. The number of amides is 2. The molecule has 2 aromatic carbocycles. The molecule has 0 unspecified atom stereocenters. The van der Waals surface area contributed by atoms with Gasteiger partial charge in [0.05, 0.1) is 11.4 Å². The first kappa shape index (κ1) is 16.6. The number of anilines is 2. The molecule has 1 saturated heterocycles. The number of fused-ring (bicyclic) bond motifs is 1. The SMILES string of the molecule is Cc1ccc(Cl)cc1NC(=O)[C@H]1CC(=O)N(c2n[nH]c3ccccc23)C1. The van der Waals surface area contributed by atoms with E-state index in [-0.39, 0.29) is 18.2 Å². The van der Waals surface area contributed by atoms with E-state index in [0.29, 0.717) is 23.1 Å². The van der Waals surface area contributed by atoms with Gasteiger partial charge in [0.1, 0.15) is 0 Å². The summed E-state index contributed by atoms with van der Waals surface area (Å²) in [5.74, 6) is -0.160. The summed E-state index contributed by atoms with van der Waals surface area (Å²) >= 11 is 6.00. The van der Waals surface area contributed by atoms with Crippen molar-refractivity contribution in [2.75, 3.05) is 16.8 Å². The van der Waals surface area contributed by atoms with Gasteiger partial charge in [-0.25, -0.2) is 0 Å². The maximum atomic E-state index is 12.6. The van der Waals surface area contributed by atoms with E-state index < -0.39 is 5.92 Å². The quantitative estimate of drug-likeness (QED) is 0.742. The molecular formula is C19H17ClN4O2. The van der Waals surface area contributed by atoms with Crippen molar-refractivity contribution in [3.63, 3.8) is 0 Å². The van der Waals surface area contributed by atoms with Crippen LogP contribution in [0.3, 0.4) is 0 Å². The lowest BCUT2D eigenvalue weighted by molar-refractivity contribution is -0.122. The molecule has 1 aliphatic rings. The van der Waals surface area contributed by atoms with Crippen LogP contribution in [0.15, 0.2) is 42.5 Å². The van der Waals surface area contributed by atoms with Gasteiger partial charge >= 0.3 is 0 Å². The number of H-pyrrole nitrogens is 1. The second-order valence-corrected chi connectivity index (χ2v) is 6.88. The highest BCUT2D eigenvalue weighted by Gasteiger charge is 2.37. The van der Waals surface area contributed by atoms with Crippen LogP contribution in [0.5, 0.6) is 0 Å². The minimum atomic E-state index is -0.434. The summed E-state index contributed by atoms with van der Waals surface area (Å²) in [6, 6.07) is 12.9. The third-order valence-corrected chi connectivity index (χ3v) is 4.89. The number of carbonyl (C=O) groups excluding carboxylic acids is 2. The number of nitrogens with zero attached hydrogens (tertiary/aromatic N) is 2. The molecule has 0 radical (unpaired) electrons. The molecule has 3 aromatic rings. The highest BCUT2D eigenvalue weighted by Crippen LogP contribution is 2.30. The molecule has 4 rings (SSSR count). The molecule has 1 aromatic heterocycles. The van der Waals surface area contributed by atoms with Crippen LogP contribution in [-0.4, -0.2) is 28.6 Å². The van der Waals surface area contributed by atoms with Crippen molar-refractivity contribution in [1.29, 1.82) is 0 Å². The summed E-state index contributed by atoms with van der Waals surface area (Å²) in [7, 11) is 0. The Bertz CT molecular complexity index is 1010. The van der Waals surface area contributed by atoms with Crippen LogP contribution in [0, 0.1) is 12.8 Å². The predicted molar refractivity (Wildman–Crippen MR) is 101 cm³/mol. The normalized spacial score (nSPS) is 17.1. The third-order valence-electron chi connectivity index (χ3n) is 4.66. The molecule has 132 valence electrons. The summed E-state index contributed by atoms with van der Waals surface area (Å²) in [6.07, 6.45) is 0.159. The lowest BCUT2D eigenvalue weighted by Gasteiger charge is -2.15. The zero-order chi connectivity index (χ0) is 18.3. The molecule has 2 amide bonds. The van der Waals surface area contributed by atoms with Crippen molar-refractivity contribution in [3.05, 3.63) is 53.1 Å². The zero-order valence-corrected chi connectivity index (χ0v) is 14.9. The largest absolute Gasteiger partial charge is 0.325 e. The van der Waals surface area contributed by atoms with Gasteiger partial charge in [0.25, 0.3) is 0 Å². The second-order valence-electron chi connectivity index (χ2n) is 6.45. The Morgan fingerprint density at radius 3 is 2.96 bits per heavy atom. The Kier molecular flexibility index (Phi) is 4.12. The van der Waals surface area contributed by atoms with Crippen molar-refractivity contribution in [1.82, 2.24) is 10.2 Å². The maximum Gasteiger partial charge on any atom is 0.229 e. The highest BCUT2D eigenvalue weighted by molar-refractivity contribution is 6.31. The number of rotatable bonds is 3. The average Bonchev–Trinajstić information content (AvgIpc) is 3.21. The smallest absolute Gasteiger partial charge is 0.229 e. The molecule has 6 nitrogen and oxygen atoms in total. The molecule has 1 atom stereocenters. The van der Waals surface area contributed by atoms with Crippen LogP contribution in [-0.2, 0) is 9.59 Å². The fourth-order valence-corrected chi connectivity index (χ4v) is 3.38. The number of carbonyl (C=O) groups is 2. The topological polar surface area (TPSA) is 78.1 Å². The van der Waals surface area contributed by atoms with Crippen molar-refractivity contribution < 1.29 is 9.59 Å². The number of hydrogen-bond donors (Lipinski definition) is 2. The Balaban J connectivity index is 1.54. The lowest BCUT2D eigenvalue weighted by Crippen LogP contribution is -2.28. The first-order valence-electron chi connectivity index (χ1n) is 8.33. The van der Waals surface area contributed by atoms with Gasteiger partial charge in [-0.3, -0.25) is 19.6 Å². The molecule has 26 heavy (non-hydrogen) atoms. The highest BCUT2D eigenvalue weighted by atomic mass is 35.5. The predicted octanol–water partition coefficient (Wildman–Crippen LogP) is 3.52. The van der Waals surface area contributed by atoms with Crippen LogP contribution in [0.25, 0.3) is 10.9 Å². The minimum Gasteiger partial charge on any atom is -0.325 e. The molecule has 7 heteroatoms. The fraction of sp³-hybridized carbons (Fsp3) is 0.211. The molecular weight excluding hydrogens is 352 g/mol. The lowest BCUT2D eigenvalue weighted by atomic mass is 10.1. The van der Waals surface area contributed by atoms with Gasteiger partial charge in [-0.05, 0) is 36.8 Å². The van der Waals surface area contributed by atoms with Crippen LogP contribution >= 0.6 is 11.6 Å². The van der Waals surface area contributed by atoms with Gasteiger partial charge in [-0.1, -0.05) is 29.8 Å². The molecule has 0 saturated carbocycles. The van der Waals surface area contributed by atoms with Crippen LogP contribution in [0.1, 0.15) is 12.0 Å².